The van der Waals surface area contributed by atoms with Crippen LogP contribution >= 0.6 is 23.2 Å². The van der Waals surface area contributed by atoms with E-state index in [1.807, 2.05) is 25.1 Å². The molecule has 0 radical (unpaired) electrons. The highest BCUT2D eigenvalue weighted by atomic mass is 35.5. The Kier molecular flexibility index (Phi) is 5.91. The van der Waals surface area contributed by atoms with Gasteiger partial charge in [0, 0.05) is 60.6 Å². The van der Waals surface area contributed by atoms with Gasteiger partial charge in [0.2, 0.25) is 5.78 Å². The number of pyridine rings is 1. The van der Waals surface area contributed by atoms with E-state index < -0.39 is 0 Å². The molecule has 0 saturated heterocycles. The van der Waals surface area contributed by atoms with Crippen LogP contribution in [0.4, 0.5) is 0 Å². The molecule has 3 heterocycles. The van der Waals surface area contributed by atoms with E-state index in [2.05, 4.69) is 15.0 Å². The van der Waals surface area contributed by atoms with E-state index in [0.717, 1.165) is 28.1 Å². The number of imidazole rings is 1. The molecule has 158 valence electrons. The van der Waals surface area contributed by atoms with Crippen LogP contribution in [0.2, 0.25) is 10.0 Å². The lowest BCUT2D eigenvalue weighted by atomic mass is 10.0. The Morgan fingerprint density at radius 2 is 1.90 bits per heavy atom. The summed E-state index contributed by atoms with van der Waals surface area (Å²) in [6.45, 7) is 2.55. The molecule has 0 atom stereocenters. The Morgan fingerprint density at radius 1 is 1.16 bits per heavy atom. The van der Waals surface area contributed by atoms with Crippen LogP contribution in [0, 0.1) is 6.92 Å². The summed E-state index contributed by atoms with van der Waals surface area (Å²) in [5.74, 6) is 0.179. The fourth-order valence-corrected chi connectivity index (χ4v) is 4.00. The van der Waals surface area contributed by atoms with Crippen LogP contribution in [0.5, 0.6) is 0 Å². The highest BCUT2D eigenvalue weighted by Gasteiger charge is 2.21. The molecule has 9 heteroatoms. The van der Waals surface area contributed by atoms with Gasteiger partial charge in [-0.2, -0.15) is 0 Å². The summed E-state index contributed by atoms with van der Waals surface area (Å²) in [5.41, 5.74) is 10.3. The minimum atomic E-state index is -0.220. The van der Waals surface area contributed by atoms with Gasteiger partial charge < -0.3 is 10.6 Å². The van der Waals surface area contributed by atoms with E-state index >= 15 is 0 Å². The predicted octanol–water partition coefficient (Wildman–Crippen LogP) is 4.14. The number of carbonyl (C=O) groups excluding carboxylic acids is 1. The molecule has 3 aromatic heterocycles. The fourth-order valence-electron chi connectivity index (χ4n) is 3.50. The summed E-state index contributed by atoms with van der Waals surface area (Å²) in [4.78, 5) is 27.7. The number of rotatable bonds is 5. The summed E-state index contributed by atoms with van der Waals surface area (Å²) < 4.78 is 1.76. The molecular formula is C22H20Cl2N6O. The molecule has 4 aromatic rings. The molecule has 0 spiro atoms. The third-order valence-corrected chi connectivity index (χ3v) is 5.59. The Hall–Kier alpha value is -3.00. The summed E-state index contributed by atoms with van der Waals surface area (Å²) in [7, 11) is 1.73. The molecule has 0 bridgehead atoms. The maximum atomic E-state index is 13.1. The average molecular weight is 455 g/mol. The highest BCUT2D eigenvalue weighted by Crippen LogP contribution is 2.34. The first-order chi connectivity index (χ1) is 14.9. The van der Waals surface area contributed by atoms with E-state index in [1.54, 1.807) is 47.1 Å². The molecule has 31 heavy (non-hydrogen) atoms. The number of nitrogens with zero attached hydrogens (tertiary/aromatic N) is 5. The lowest BCUT2D eigenvalue weighted by Crippen LogP contribution is -2.26. The first kappa shape index (κ1) is 21.2. The zero-order valence-electron chi connectivity index (χ0n) is 17.0. The van der Waals surface area contributed by atoms with Crippen LogP contribution in [-0.2, 0) is 13.1 Å². The number of benzene rings is 1. The van der Waals surface area contributed by atoms with Crippen molar-refractivity contribution < 1.29 is 4.79 Å². The van der Waals surface area contributed by atoms with Gasteiger partial charge in [-0.1, -0.05) is 23.2 Å². The third kappa shape index (κ3) is 4.12. The summed E-state index contributed by atoms with van der Waals surface area (Å²) in [6, 6.07) is 9.00. The SMILES string of the molecule is Cc1nc2nc(C(=O)N(C)Cc3ccncc3)cn2c(-c2ccc(Cl)cc2Cl)c1CN. The van der Waals surface area contributed by atoms with Crippen LogP contribution in [0.1, 0.15) is 27.3 Å². The highest BCUT2D eigenvalue weighted by molar-refractivity contribution is 6.36. The second-order valence-electron chi connectivity index (χ2n) is 7.17. The lowest BCUT2D eigenvalue weighted by Gasteiger charge is -2.15. The number of fused-ring (bicyclic) bond motifs is 1. The smallest absolute Gasteiger partial charge is 0.274 e. The monoisotopic (exact) mass is 454 g/mol. The van der Waals surface area contributed by atoms with Gasteiger partial charge in [0.1, 0.15) is 5.69 Å². The minimum absolute atomic E-state index is 0.220. The molecule has 0 aliphatic carbocycles. The number of hydrogen-bond donors (Lipinski definition) is 1. The second-order valence-corrected chi connectivity index (χ2v) is 8.01. The number of aromatic nitrogens is 4. The molecule has 0 aliphatic rings. The first-order valence-electron chi connectivity index (χ1n) is 9.57. The van der Waals surface area contributed by atoms with Gasteiger partial charge in [-0.05, 0) is 42.8 Å². The van der Waals surface area contributed by atoms with E-state index in [1.165, 1.54) is 0 Å². The quantitative estimate of drug-likeness (QED) is 0.489. The molecule has 0 fully saturated rings. The van der Waals surface area contributed by atoms with Crippen molar-refractivity contribution in [2.75, 3.05) is 7.05 Å². The Labute approximate surface area is 189 Å². The molecule has 1 aromatic carbocycles. The van der Waals surface area contributed by atoms with Crippen LogP contribution < -0.4 is 5.73 Å². The number of halogens is 2. The van der Waals surface area contributed by atoms with Gasteiger partial charge in [-0.15, -0.1) is 0 Å². The topological polar surface area (TPSA) is 89.4 Å². The second kappa shape index (κ2) is 8.63. The van der Waals surface area contributed by atoms with Crippen molar-refractivity contribution in [1.82, 2.24) is 24.3 Å². The van der Waals surface area contributed by atoms with E-state index in [0.29, 0.717) is 22.4 Å². The van der Waals surface area contributed by atoms with Crippen LogP contribution in [0.15, 0.2) is 48.9 Å². The Bertz CT molecular complexity index is 1270. The van der Waals surface area contributed by atoms with Crippen molar-refractivity contribution in [3.63, 3.8) is 0 Å². The maximum Gasteiger partial charge on any atom is 0.274 e. The summed E-state index contributed by atoms with van der Waals surface area (Å²) >= 11 is 12.6. The van der Waals surface area contributed by atoms with Crippen molar-refractivity contribution in [1.29, 1.82) is 0 Å². The van der Waals surface area contributed by atoms with Crippen molar-refractivity contribution in [3.8, 4) is 11.3 Å². The van der Waals surface area contributed by atoms with Gasteiger partial charge in [0.15, 0.2) is 0 Å². The normalized spacial score (nSPS) is 11.1. The van der Waals surface area contributed by atoms with E-state index in [4.69, 9.17) is 28.9 Å². The lowest BCUT2D eigenvalue weighted by molar-refractivity contribution is 0.0780. The van der Waals surface area contributed by atoms with Crippen molar-refractivity contribution >= 4 is 34.9 Å². The van der Waals surface area contributed by atoms with Gasteiger partial charge in [0.25, 0.3) is 5.91 Å². The van der Waals surface area contributed by atoms with E-state index in [-0.39, 0.29) is 18.1 Å². The third-order valence-electron chi connectivity index (χ3n) is 5.04. The predicted molar refractivity (Wildman–Crippen MR) is 121 cm³/mol. The largest absolute Gasteiger partial charge is 0.336 e. The van der Waals surface area contributed by atoms with Gasteiger partial charge >= 0.3 is 0 Å². The Morgan fingerprint density at radius 3 is 2.58 bits per heavy atom. The zero-order valence-corrected chi connectivity index (χ0v) is 18.5. The molecule has 7 nitrogen and oxygen atoms in total. The molecule has 1 amide bonds. The van der Waals surface area contributed by atoms with Gasteiger partial charge in [-0.25, -0.2) is 9.97 Å². The molecule has 0 saturated carbocycles. The van der Waals surface area contributed by atoms with E-state index in [9.17, 15) is 4.79 Å². The number of hydrogen-bond acceptors (Lipinski definition) is 5. The van der Waals surface area contributed by atoms with Crippen molar-refractivity contribution in [3.05, 3.63) is 81.5 Å². The molecular weight excluding hydrogens is 435 g/mol. The van der Waals surface area contributed by atoms with Crippen LogP contribution in [-0.4, -0.2) is 37.2 Å². The first-order valence-corrected chi connectivity index (χ1v) is 10.3. The van der Waals surface area contributed by atoms with Gasteiger partial charge in [-0.3, -0.25) is 14.2 Å². The standard InChI is InChI=1S/C22H20Cl2N6O/c1-13-17(10-25)20(16-4-3-15(23)9-18(16)24)30-12-19(28-22(30)27-13)21(31)29(2)11-14-5-7-26-8-6-14/h3-9,12H,10-11,25H2,1-2H3. The minimum Gasteiger partial charge on any atom is -0.336 e. The maximum absolute atomic E-state index is 13.1. The molecule has 2 N–H and O–H groups in total. The number of nitrogens with two attached hydrogens (primary N) is 1. The van der Waals surface area contributed by atoms with Crippen LogP contribution in [0.25, 0.3) is 17.0 Å². The molecule has 4 rings (SSSR count). The number of aryl methyl sites for hydroxylation is 1. The van der Waals surface area contributed by atoms with Crippen molar-refractivity contribution in [2.45, 2.75) is 20.0 Å². The Balaban J connectivity index is 1.81. The fraction of sp³-hybridized carbons (Fsp3) is 0.182. The van der Waals surface area contributed by atoms with Gasteiger partial charge in [0.05, 0.1) is 10.7 Å². The molecule has 0 unspecified atom stereocenters. The van der Waals surface area contributed by atoms with Crippen molar-refractivity contribution in [2.24, 2.45) is 5.73 Å². The summed E-state index contributed by atoms with van der Waals surface area (Å²) in [6.07, 6.45) is 5.07. The number of carbonyl (C=O) groups is 1. The summed E-state index contributed by atoms with van der Waals surface area (Å²) in [5, 5.41) is 1.01. The number of amides is 1. The van der Waals surface area contributed by atoms with Crippen LogP contribution in [0.3, 0.4) is 0 Å². The zero-order chi connectivity index (χ0) is 22.1. The molecule has 0 aliphatic heterocycles. The average Bonchev–Trinajstić information content (AvgIpc) is 3.16.